The predicted octanol–water partition coefficient (Wildman–Crippen LogP) is 5.51. The number of aromatic nitrogens is 1. The predicted molar refractivity (Wildman–Crippen MR) is 126 cm³/mol. The molecular weight excluding hydrogens is 441 g/mol. The van der Waals surface area contributed by atoms with E-state index in [0.29, 0.717) is 26.0 Å². The van der Waals surface area contributed by atoms with Gasteiger partial charge in [-0.3, -0.25) is 4.18 Å². The topological polar surface area (TPSA) is 57.5 Å². The van der Waals surface area contributed by atoms with Crippen LogP contribution in [0.1, 0.15) is 17.5 Å². The summed E-state index contributed by atoms with van der Waals surface area (Å²) >= 11 is 0. The highest BCUT2D eigenvalue weighted by Gasteiger charge is 2.14. The van der Waals surface area contributed by atoms with Gasteiger partial charge in [0.2, 0.25) is 0 Å². The summed E-state index contributed by atoms with van der Waals surface area (Å²) in [6.45, 7) is 3.11. The summed E-state index contributed by atoms with van der Waals surface area (Å²) in [5.41, 5.74) is 3.02. The minimum absolute atomic E-state index is 0.101. The van der Waals surface area contributed by atoms with E-state index in [-0.39, 0.29) is 17.3 Å². The van der Waals surface area contributed by atoms with Crippen LogP contribution in [-0.4, -0.2) is 26.2 Å². The number of ether oxygens (including phenoxy) is 1. The lowest BCUT2D eigenvalue weighted by Crippen LogP contribution is -2.09. The number of benzene rings is 3. The van der Waals surface area contributed by atoms with Crippen molar-refractivity contribution < 1.29 is 21.7 Å². The molecule has 33 heavy (non-hydrogen) atoms. The number of rotatable bonds is 10. The van der Waals surface area contributed by atoms with E-state index in [9.17, 15) is 12.8 Å². The highest BCUT2D eigenvalue weighted by atomic mass is 32.2. The van der Waals surface area contributed by atoms with Gasteiger partial charge in [0.15, 0.2) is 0 Å². The third-order valence-electron chi connectivity index (χ3n) is 5.41. The van der Waals surface area contributed by atoms with Crippen LogP contribution < -0.4 is 4.74 Å². The summed E-state index contributed by atoms with van der Waals surface area (Å²) < 4.78 is 50.8. The van der Waals surface area contributed by atoms with Crippen molar-refractivity contribution in [2.75, 3.05) is 13.2 Å². The number of nitrogens with zero attached hydrogens (tertiary/aromatic N) is 1. The third-order valence-corrected chi connectivity index (χ3v) is 6.74. The van der Waals surface area contributed by atoms with Crippen molar-refractivity contribution >= 4 is 21.0 Å². The molecule has 4 rings (SSSR count). The molecule has 4 aromatic rings. The molecule has 1 heterocycles. The van der Waals surface area contributed by atoms with Crippen LogP contribution in [0, 0.1) is 12.7 Å². The Morgan fingerprint density at radius 1 is 0.909 bits per heavy atom. The Kier molecular flexibility index (Phi) is 7.11. The molecule has 0 unspecified atom stereocenters. The molecule has 0 amide bonds. The first-order chi connectivity index (χ1) is 15.9. The molecule has 0 fully saturated rings. The Balaban J connectivity index is 1.31. The van der Waals surface area contributed by atoms with Crippen LogP contribution >= 0.6 is 0 Å². The van der Waals surface area contributed by atoms with Gasteiger partial charge in [0.25, 0.3) is 10.1 Å². The molecule has 3 aromatic carbocycles. The fourth-order valence-electron chi connectivity index (χ4n) is 3.56. The zero-order chi connectivity index (χ0) is 23.3. The molecule has 7 heteroatoms. The van der Waals surface area contributed by atoms with E-state index in [1.165, 1.54) is 12.1 Å². The molecule has 0 saturated carbocycles. The summed E-state index contributed by atoms with van der Waals surface area (Å²) in [4.78, 5) is 0.168. The molecule has 0 N–H and O–H groups in total. The van der Waals surface area contributed by atoms with E-state index in [4.69, 9.17) is 8.92 Å². The Morgan fingerprint density at radius 2 is 1.67 bits per heavy atom. The lowest BCUT2D eigenvalue weighted by Gasteiger charge is -2.10. The SMILES string of the molecule is Cc1ccc(S(=O)(=O)OCCCn2ccc3ccc(OCCc4ccc(F)cc4)cc32)cc1. The van der Waals surface area contributed by atoms with Crippen LogP contribution in [0.15, 0.2) is 83.9 Å². The summed E-state index contributed by atoms with van der Waals surface area (Å²) in [6, 6.07) is 20.9. The van der Waals surface area contributed by atoms with E-state index in [1.807, 2.05) is 37.4 Å². The first kappa shape index (κ1) is 23.0. The van der Waals surface area contributed by atoms with Crippen molar-refractivity contribution in [2.24, 2.45) is 0 Å². The van der Waals surface area contributed by atoms with E-state index in [1.54, 1.807) is 36.4 Å². The van der Waals surface area contributed by atoms with Gasteiger partial charge in [-0.2, -0.15) is 8.42 Å². The maximum Gasteiger partial charge on any atom is 0.296 e. The molecule has 0 aliphatic rings. The minimum atomic E-state index is -3.75. The van der Waals surface area contributed by atoms with Crippen molar-refractivity contribution in [1.82, 2.24) is 4.57 Å². The van der Waals surface area contributed by atoms with Crippen molar-refractivity contribution in [3.05, 3.63) is 95.9 Å². The third kappa shape index (κ3) is 6.00. The molecule has 0 aliphatic carbocycles. The molecule has 172 valence electrons. The van der Waals surface area contributed by atoms with Crippen molar-refractivity contribution in [1.29, 1.82) is 0 Å². The lowest BCUT2D eigenvalue weighted by molar-refractivity contribution is 0.304. The van der Waals surface area contributed by atoms with Crippen LogP contribution in [0.2, 0.25) is 0 Å². The number of fused-ring (bicyclic) bond motifs is 1. The number of halogens is 1. The number of aryl methyl sites for hydroxylation is 2. The quantitative estimate of drug-likeness (QED) is 0.228. The zero-order valence-electron chi connectivity index (χ0n) is 18.4. The van der Waals surface area contributed by atoms with Gasteiger partial charge in [0.1, 0.15) is 11.6 Å². The molecule has 1 aromatic heterocycles. The average molecular weight is 468 g/mol. The van der Waals surface area contributed by atoms with E-state index < -0.39 is 10.1 Å². The molecule has 0 atom stereocenters. The molecule has 0 bridgehead atoms. The van der Waals surface area contributed by atoms with E-state index in [0.717, 1.165) is 27.8 Å². The second-order valence-electron chi connectivity index (χ2n) is 7.90. The monoisotopic (exact) mass is 467 g/mol. The molecule has 0 spiro atoms. The van der Waals surface area contributed by atoms with Crippen LogP contribution in [0.25, 0.3) is 10.9 Å². The minimum Gasteiger partial charge on any atom is -0.493 e. The van der Waals surface area contributed by atoms with Crippen LogP contribution in [0.4, 0.5) is 4.39 Å². The Labute approximate surface area is 193 Å². The standard InChI is InChI=1S/C26H26FNO4S/c1-20-3-11-25(12-4-20)33(29,30)32-17-2-15-28-16-13-22-7-10-24(19-26(22)28)31-18-14-21-5-8-23(27)9-6-21/h3-13,16,19H,2,14-15,17-18H2,1H3. The largest absolute Gasteiger partial charge is 0.493 e. The van der Waals surface area contributed by atoms with Gasteiger partial charge < -0.3 is 9.30 Å². The van der Waals surface area contributed by atoms with Gasteiger partial charge in [0, 0.05) is 25.2 Å². The maximum absolute atomic E-state index is 13.0. The maximum atomic E-state index is 13.0. The summed E-state index contributed by atoms with van der Waals surface area (Å²) in [6.07, 6.45) is 3.21. The van der Waals surface area contributed by atoms with Crippen LogP contribution in [0.5, 0.6) is 5.75 Å². The second kappa shape index (κ2) is 10.2. The molecule has 0 aliphatic heterocycles. The fourth-order valence-corrected chi connectivity index (χ4v) is 4.51. The van der Waals surface area contributed by atoms with Gasteiger partial charge in [-0.1, -0.05) is 29.8 Å². The number of hydrogen-bond acceptors (Lipinski definition) is 4. The number of hydrogen-bond donors (Lipinski definition) is 0. The Hall–Kier alpha value is -3.16. The Bertz CT molecular complexity index is 1310. The van der Waals surface area contributed by atoms with Gasteiger partial charge >= 0.3 is 0 Å². The van der Waals surface area contributed by atoms with E-state index in [2.05, 4.69) is 4.57 Å². The molecule has 0 saturated heterocycles. The molecule has 0 radical (unpaired) electrons. The first-order valence-electron chi connectivity index (χ1n) is 10.8. The highest BCUT2D eigenvalue weighted by Crippen LogP contribution is 2.23. The lowest BCUT2D eigenvalue weighted by atomic mass is 10.1. The van der Waals surface area contributed by atoms with Crippen LogP contribution in [-0.2, 0) is 27.3 Å². The summed E-state index contributed by atoms with van der Waals surface area (Å²) in [5, 5.41) is 1.08. The van der Waals surface area contributed by atoms with Crippen molar-refractivity contribution in [3.8, 4) is 5.75 Å². The van der Waals surface area contributed by atoms with E-state index >= 15 is 0 Å². The smallest absolute Gasteiger partial charge is 0.296 e. The molecule has 5 nitrogen and oxygen atoms in total. The Morgan fingerprint density at radius 3 is 2.42 bits per heavy atom. The van der Waals surface area contributed by atoms with Gasteiger partial charge in [-0.15, -0.1) is 0 Å². The van der Waals surface area contributed by atoms with Gasteiger partial charge in [-0.05, 0) is 66.8 Å². The average Bonchev–Trinajstić information content (AvgIpc) is 3.21. The second-order valence-corrected chi connectivity index (χ2v) is 9.51. The van der Waals surface area contributed by atoms with Gasteiger partial charge in [-0.25, -0.2) is 4.39 Å². The summed E-state index contributed by atoms with van der Waals surface area (Å²) in [5.74, 6) is 0.506. The van der Waals surface area contributed by atoms with Crippen molar-refractivity contribution in [2.45, 2.75) is 31.2 Å². The normalized spacial score (nSPS) is 11.7. The molecular formula is C26H26FNO4S. The van der Waals surface area contributed by atoms with Gasteiger partial charge in [0.05, 0.1) is 23.6 Å². The summed E-state index contributed by atoms with van der Waals surface area (Å²) in [7, 11) is -3.75. The fraction of sp³-hybridized carbons (Fsp3) is 0.231. The van der Waals surface area contributed by atoms with Crippen molar-refractivity contribution in [3.63, 3.8) is 0 Å². The first-order valence-corrected chi connectivity index (χ1v) is 12.2. The van der Waals surface area contributed by atoms with Crippen LogP contribution in [0.3, 0.4) is 0 Å². The zero-order valence-corrected chi connectivity index (χ0v) is 19.2. The highest BCUT2D eigenvalue weighted by molar-refractivity contribution is 7.86.